The van der Waals surface area contributed by atoms with Gasteiger partial charge < -0.3 is 14.8 Å². The number of ether oxygens (including phenoxy) is 2. The molecule has 0 amide bonds. The van der Waals surface area contributed by atoms with E-state index in [4.69, 9.17) is 9.47 Å². The molecule has 1 atom stereocenters. The van der Waals surface area contributed by atoms with E-state index in [0.717, 1.165) is 22.4 Å². The smallest absolute Gasteiger partial charge is 0.123 e. The predicted octanol–water partition coefficient (Wildman–Crippen LogP) is 2.90. The summed E-state index contributed by atoms with van der Waals surface area (Å²) < 4.78 is 12.1. The summed E-state index contributed by atoms with van der Waals surface area (Å²) in [6.07, 6.45) is 0. The molecule has 1 aromatic rings. The first-order chi connectivity index (χ1) is 8.02. The number of halogens is 1. The van der Waals surface area contributed by atoms with Crippen molar-refractivity contribution in [2.45, 2.75) is 25.4 Å². The van der Waals surface area contributed by atoms with Crippen LogP contribution in [0.25, 0.3) is 0 Å². The maximum Gasteiger partial charge on any atom is 0.123 e. The molecule has 0 bridgehead atoms. The van der Waals surface area contributed by atoms with Gasteiger partial charge in [-0.15, -0.1) is 0 Å². The van der Waals surface area contributed by atoms with Crippen LogP contribution in [0.5, 0.6) is 5.75 Å². The minimum Gasteiger partial charge on any atom is -0.496 e. The summed E-state index contributed by atoms with van der Waals surface area (Å²) in [7, 11) is 1.70. The lowest BCUT2D eigenvalue weighted by Crippen LogP contribution is -2.51. The molecule has 1 aromatic carbocycles. The van der Waals surface area contributed by atoms with Crippen molar-refractivity contribution < 1.29 is 9.47 Å². The lowest BCUT2D eigenvalue weighted by molar-refractivity contribution is 0.0121. The molecule has 1 heterocycles. The van der Waals surface area contributed by atoms with Gasteiger partial charge >= 0.3 is 0 Å². The summed E-state index contributed by atoms with van der Waals surface area (Å²) in [6.45, 7) is 5.70. The van der Waals surface area contributed by atoms with Gasteiger partial charge in [-0.2, -0.15) is 0 Å². The SMILES string of the molecule is COc1ccc(Br)cc1C1COCC(C)(C)N1. The summed E-state index contributed by atoms with van der Waals surface area (Å²) in [5.41, 5.74) is 1.13. The van der Waals surface area contributed by atoms with Crippen LogP contribution in [-0.4, -0.2) is 25.9 Å². The van der Waals surface area contributed by atoms with E-state index in [1.807, 2.05) is 12.1 Å². The molecule has 1 N–H and O–H groups in total. The van der Waals surface area contributed by atoms with Gasteiger partial charge in [-0.3, -0.25) is 0 Å². The summed E-state index contributed by atoms with van der Waals surface area (Å²) in [5.74, 6) is 0.895. The summed E-state index contributed by atoms with van der Waals surface area (Å²) in [4.78, 5) is 0. The summed E-state index contributed by atoms with van der Waals surface area (Å²) in [5, 5.41) is 3.59. The maximum absolute atomic E-state index is 5.66. The van der Waals surface area contributed by atoms with Crippen LogP contribution in [0.3, 0.4) is 0 Å². The quantitative estimate of drug-likeness (QED) is 0.911. The molecule has 0 aliphatic carbocycles. The molecule has 3 nitrogen and oxygen atoms in total. The van der Waals surface area contributed by atoms with Crippen molar-refractivity contribution in [1.29, 1.82) is 0 Å². The fourth-order valence-electron chi connectivity index (χ4n) is 2.13. The Hall–Kier alpha value is -0.580. The van der Waals surface area contributed by atoms with Crippen molar-refractivity contribution >= 4 is 15.9 Å². The number of hydrogen-bond acceptors (Lipinski definition) is 3. The number of nitrogens with one attached hydrogen (secondary N) is 1. The van der Waals surface area contributed by atoms with Gasteiger partial charge in [0.1, 0.15) is 5.75 Å². The topological polar surface area (TPSA) is 30.5 Å². The molecule has 0 spiro atoms. The van der Waals surface area contributed by atoms with Crippen LogP contribution >= 0.6 is 15.9 Å². The van der Waals surface area contributed by atoms with E-state index in [2.05, 4.69) is 41.2 Å². The average molecular weight is 300 g/mol. The maximum atomic E-state index is 5.66. The normalized spacial score (nSPS) is 23.4. The summed E-state index contributed by atoms with van der Waals surface area (Å²) >= 11 is 3.50. The van der Waals surface area contributed by atoms with Crippen LogP contribution in [-0.2, 0) is 4.74 Å². The molecule has 1 saturated heterocycles. The Morgan fingerprint density at radius 2 is 2.24 bits per heavy atom. The Balaban J connectivity index is 2.29. The standard InChI is InChI=1S/C13H18BrNO2/c1-13(2)8-17-7-11(15-13)10-6-9(14)4-5-12(10)16-3/h4-6,11,15H,7-8H2,1-3H3. The van der Waals surface area contributed by atoms with Gasteiger partial charge in [0.25, 0.3) is 0 Å². The molecule has 1 aliphatic rings. The third kappa shape index (κ3) is 3.00. The Morgan fingerprint density at radius 1 is 1.47 bits per heavy atom. The van der Waals surface area contributed by atoms with E-state index in [1.54, 1.807) is 7.11 Å². The van der Waals surface area contributed by atoms with E-state index < -0.39 is 0 Å². The fourth-order valence-corrected chi connectivity index (χ4v) is 2.51. The Kier molecular flexibility index (Phi) is 3.76. The highest BCUT2D eigenvalue weighted by Gasteiger charge is 2.30. The van der Waals surface area contributed by atoms with Crippen LogP contribution in [0.1, 0.15) is 25.5 Å². The van der Waals surface area contributed by atoms with Gasteiger partial charge in [-0.1, -0.05) is 15.9 Å². The number of hydrogen-bond donors (Lipinski definition) is 1. The molecule has 4 heteroatoms. The molecule has 2 rings (SSSR count). The monoisotopic (exact) mass is 299 g/mol. The van der Waals surface area contributed by atoms with Crippen LogP contribution in [0.2, 0.25) is 0 Å². The highest BCUT2D eigenvalue weighted by molar-refractivity contribution is 9.10. The van der Waals surface area contributed by atoms with Crippen molar-refractivity contribution in [3.05, 3.63) is 28.2 Å². The zero-order valence-corrected chi connectivity index (χ0v) is 12.0. The number of benzene rings is 1. The van der Waals surface area contributed by atoms with E-state index >= 15 is 0 Å². The van der Waals surface area contributed by atoms with Gasteiger partial charge in [-0.25, -0.2) is 0 Å². The highest BCUT2D eigenvalue weighted by Crippen LogP contribution is 2.31. The zero-order valence-electron chi connectivity index (χ0n) is 10.4. The largest absolute Gasteiger partial charge is 0.496 e. The van der Waals surface area contributed by atoms with Crippen LogP contribution in [0.4, 0.5) is 0 Å². The Morgan fingerprint density at radius 3 is 2.88 bits per heavy atom. The van der Waals surface area contributed by atoms with E-state index in [-0.39, 0.29) is 11.6 Å². The molecule has 0 saturated carbocycles. The number of rotatable bonds is 2. The molecule has 17 heavy (non-hydrogen) atoms. The molecule has 1 unspecified atom stereocenters. The second kappa shape index (κ2) is 4.96. The molecule has 1 aliphatic heterocycles. The Bertz CT molecular complexity index is 406. The van der Waals surface area contributed by atoms with Crippen molar-refractivity contribution in [2.75, 3.05) is 20.3 Å². The van der Waals surface area contributed by atoms with Crippen molar-refractivity contribution in [2.24, 2.45) is 0 Å². The van der Waals surface area contributed by atoms with Crippen molar-refractivity contribution in [3.8, 4) is 5.75 Å². The first kappa shape index (κ1) is 12.9. The highest BCUT2D eigenvalue weighted by atomic mass is 79.9. The van der Waals surface area contributed by atoms with Gasteiger partial charge in [-0.05, 0) is 32.0 Å². The Labute approximate surface area is 111 Å². The molecule has 94 valence electrons. The second-order valence-corrected chi connectivity index (χ2v) is 5.90. The fraction of sp³-hybridized carbons (Fsp3) is 0.538. The van der Waals surface area contributed by atoms with Gasteiger partial charge in [0.15, 0.2) is 0 Å². The minimum absolute atomic E-state index is 0.00372. The first-order valence-corrected chi connectivity index (χ1v) is 6.50. The number of methoxy groups -OCH3 is 1. The van der Waals surface area contributed by atoms with Gasteiger partial charge in [0.2, 0.25) is 0 Å². The van der Waals surface area contributed by atoms with Gasteiger partial charge in [0, 0.05) is 15.6 Å². The van der Waals surface area contributed by atoms with E-state index in [9.17, 15) is 0 Å². The molecular formula is C13H18BrNO2. The minimum atomic E-state index is -0.00372. The average Bonchev–Trinajstić information content (AvgIpc) is 2.27. The van der Waals surface area contributed by atoms with Crippen LogP contribution in [0, 0.1) is 0 Å². The van der Waals surface area contributed by atoms with Crippen molar-refractivity contribution in [1.82, 2.24) is 5.32 Å². The molecule has 1 fully saturated rings. The lowest BCUT2D eigenvalue weighted by atomic mass is 9.98. The molecule has 0 aromatic heterocycles. The second-order valence-electron chi connectivity index (χ2n) is 4.98. The van der Waals surface area contributed by atoms with E-state index in [0.29, 0.717) is 6.61 Å². The third-order valence-corrected chi connectivity index (χ3v) is 3.37. The summed E-state index contributed by atoms with van der Waals surface area (Å²) in [6, 6.07) is 6.22. The molecule has 0 radical (unpaired) electrons. The molecular weight excluding hydrogens is 282 g/mol. The van der Waals surface area contributed by atoms with Crippen LogP contribution in [0.15, 0.2) is 22.7 Å². The number of morpholine rings is 1. The van der Waals surface area contributed by atoms with Crippen molar-refractivity contribution in [3.63, 3.8) is 0 Å². The lowest BCUT2D eigenvalue weighted by Gasteiger charge is -2.37. The predicted molar refractivity (Wildman–Crippen MR) is 71.5 cm³/mol. The first-order valence-electron chi connectivity index (χ1n) is 5.71. The zero-order chi connectivity index (χ0) is 12.5. The van der Waals surface area contributed by atoms with E-state index in [1.165, 1.54) is 0 Å². The van der Waals surface area contributed by atoms with Crippen LogP contribution < -0.4 is 10.1 Å². The third-order valence-electron chi connectivity index (χ3n) is 2.88. The van der Waals surface area contributed by atoms with Gasteiger partial charge in [0.05, 0.1) is 26.4 Å².